The van der Waals surface area contributed by atoms with Crippen LogP contribution in [0, 0.1) is 0 Å². The molecule has 0 fully saturated rings. The van der Waals surface area contributed by atoms with Gasteiger partial charge in [0.1, 0.15) is 9.77 Å². The number of carbonyl (C=O) groups excluding carboxylic acids is 1. The maximum Gasteiger partial charge on any atom is 0.260 e. The Hall–Kier alpha value is -0.730. The smallest absolute Gasteiger partial charge is 0.260 e. The van der Waals surface area contributed by atoms with Crippen LogP contribution in [-0.2, 0) is 9.84 Å². The zero-order valence-electron chi connectivity index (χ0n) is 9.52. The molecule has 0 spiro atoms. The highest BCUT2D eigenvalue weighted by molar-refractivity contribution is 8.02. The predicted molar refractivity (Wildman–Crippen MR) is 71.4 cm³/mol. The second kappa shape index (κ2) is 5.28. The molecule has 0 aliphatic rings. The zero-order valence-corrected chi connectivity index (χ0v) is 12.0. The van der Waals surface area contributed by atoms with Gasteiger partial charge in [0.15, 0.2) is 9.84 Å². The van der Waals surface area contributed by atoms with Crippen molar-refractivity contribution in [3.05, 3.63) is 4.88 Å². The summed E-state index contributed by atoms with van der Waals surface area (Å²) in [5.41, 5.74) is 10.9. The van der Waals surface area contributed by atoms with E-state index >= 15 is 0 Å². The van der Waals surface area contributed by atoms with Gasteiger partial charge in [0.25, 0.3) is 5.91 Å². The molecule has 1 aromatic rings. The Kier molecular flexibility index (Phi) is 4.45. The molecule has 0 atom stereocenters. The van der Waals surface area contributed by atoms with E-state index < -0.39 is 15.7 Å². The Morgan fingerprint density at radius 3 is 2.41 bits per heavy atom. The fourth-order valence-electron chi connectivity index (χ4n) is 1.26. The molecular formula is C9H14N2O3S3. The number of amides is 1. The Morgan fingerprint density at radius 1 is 1.41 bits per heavy atom. The standard InChI is InChI=1S/C9H14N2O3S3/c1-3-15-9-7(17(13,14)4-2)5(10)6(16-9)8(11)12/h3-4,10H2,1-2H3,(H2,11,12). The van der Waals surface area contributed by atoms with Gasteiger partial charge >= 0.3 is 0 Å². The lowest BCUT2D eigenvalue weighted by molar-refractivity contribution is 0.100. The van der Waals surface area contributed by atoms with E-state index in [0.717, 1.165) is 11.3 Å². The summed E-state index contributed by atoms with van der Waals surface area (Å²) < 4.78 is 24.4. The van der Waals surface area contributed by atoms with Crippen molar-refractivity contribution in [2.45, 2.75) is 23.0 Å². The van der Waals surface area contributed by atoms with Crippen LogP contribution in [0.1, 0.15) is 23.5 Å². The van der Waals surface area contributed by atoms with Gasteiger partial charge in [-0.15, -0.1) is 23.1 Å². The molecule has 0 aliphatic carbocycles. The first kappa shape index (κ1) is 14.3. The minimum Gasteiger partial charge on any atom is -0.396 e. The average molecular weight is 294 g/mol. The van der Waals surface area contributed by atoms with Crippen LogP contribution < -0.4 is 11.5 Å². The Morgan fingerprint density at radius 2 is 2.00 bits per heavy atom. The highest BCUT2D eigenvalue weighted by Crippen LogP contribution is 2.41. The minimum atomic E-state index is -3.44. The topological polar surface area (TPSA) is 103 Å². The molecule has 0 unspecified atom stereocenters. The maximum atomic E-state index is 11.9. The van der Waals surface area contributed by atoms with Gasteiger partial charge in [-0.25, -0.2) is 8.42 Å². The van der Waals surface area contributed by atoms with Crippen LogP contribution in [0.2, 0.25) is 0 Å². The molecular weight excluding hydrogens is 280 g/mol. The van der Waals surface area contributed by atoms with Gasteiger partial charge in [0, 0.05) is 0 Å². The minimum absolute atomic E-state index is 0.0136. The van der Waals surface area contributed by atoms with E-state index in [1.807, 2.05) is 6.92 Å². The first-order chi connectivity index (χ1) is 7.85. The molecule has 1 heterocycles. The molecule has 17 heavy (non-hydrogen) atoms. The number of carbonyl (C=O) groups is 1. The summed E-state index contributed by atoms with van der Waals surface area (Å²) >= 11 is 2.39. The lowest BCUT2D eigenvalue weighted by atomic mass is 10.4. The number of sulfone groups is 1. The van der Waals surface area contributed by atoms with Crippen molar-refractivity contribution in [3.63, 3.8) is 0 Å². The third-order valence-corrected chi connectivity index (χ3v) is 6.50. The molecule has 0 saturated heterocycles. The SMILES string of the molecule is CCSc1sc(C(N)=O)c(N)c1S(=O)(=O)CC. The van der Waals surface area contributed by atoms with Gasteiger partial charge in [-0.05, 0) is 5.75 Å². The molecule has 0 radical (unpaired) electrons. The normalized spacial score (nSPS) is 11.6. The first-order valence-corrected chi connectivity index (χ1v) is 8.38. The van der Waals surface area contributed by atoms with E-state index in [-0.39, 0.29) is 21.2 Å². The van der Waals surface area contributed by atoms with Crippen LogP contribution in [0.4, 0.5) is 5.69 Å². The van der Waals surface area contributed by atoms with Crippen molar-refractivity contribution < 1.29 is 13.2 Å². The number of nitrogens with two attached hydrogens (primary N) is 2. The lowest BCUT2D eigenvalue weighted by Crippen LogP contribution is -2.12. The van der Waals surface area contributed by atoms with Gasteiger partial charge in [0.05, 0.1) is 15.6 Å². The summed E-state index contributed by atoms with van der Waals surface area (Å²) in [7, 11) is -3.44. The van der Waals surface area contributed by atoms with Crippen LogP contribution in [-0.4, -0.2) is 25.8 Å². The largest absolute Gasteiger partial charge is 0.396 e. The lowest BCUT2D eigenvalue weighted by Gasteiger charge is -2.03. The molecule has 4 N–H and O–H groups in total. The molecule has 96 valence electrons. The number of thiophene rings is 1. The molecule has 0 saturated carbocycles. The third-order valence-electron chi connectivity index (χ3n) is 2.06. The molecule has 1 rings (SSSR count). The number of rotatable bonds is 5. The van der Waals surface area contributed by atoms with Crippen molar-refractivity contribution in [1.82, 2.24) is 0 Å². The number of hydrogen-bond donors (Lipinski definition) is 2. The fourth-order valence-corrected chi connectivity index (χ4v) is 5.41. The summed E-state index contributed by atoms with van der Waals surface area (Å²) in [5.74, 6) is -0.0450. The summed E-state index contributed by atoms with van der Waals surface area (Å²) in [6, 6.07) is 0. The molecule has 5 nitrogen and oxygen atoms in total. The molecule has 0 bridgehead atoms. The van der Waals surface area contributed by atoms with E-state index in [9.17, 15) is 13.2 Å². The Bertz CT molecular complexity index is 534. The van der Waals surface area contributed by atoms with Crippen LogP contribution in [0.3, 0.4) is 0 Å². The summed E-state index contributed by atoms with van der Waals surface area (Å²) in [4.78, 5) is 11.3. The number of anilines is 1. The Labute approximate surface area is 108 Å². The fraction of sp³-hybridized carbons (Fsp3) is 0.444. The van der Waals surface area contributed by atoms with Gasteiger partial charge in [-0.2, -0.15) is 0 Å². The van der Waals surface area contributed by atoms with Crippen LogP contribution in [0.25, 0.3) is 0 Å². The van der Waals surface area contributed by atoms with Gasteiger partial charge in [-0.1, -0.05) is 13.8 Å². The number of nitrogen functional groups attached to an aromatic ring is 1. The van der Waals surface area contributed by atoms with E-state index in [1.54, 1.807) is 0 Å². The zero-order chi connectivity index (χ0) is 13.2. The second-order valence-electron chi connectivity index (χ2n) is 3.16. The molecule has 1 amide bonds. The predicted octanol–water partition coefficient (Wildman–Crippen LogP) is 1.33. The first-order valence-electron chi connectivity index (χ1n) is 4.92. The highest BCUT2D eigenvalue weighted by atomic mass is 32.2. The second-order valence-corrected chi connectivity index (χ2v) is 7.93. The van der Waals surface area contributed by atoms with Crippen molar-refractivity contribution in [3.8, 4) is 0 Å². The third kappa shape index (κ3) is 2.75. The number of hydrogen-bond acceptors (Lipinski definition) is 6. The van der Waals surface area contributed by atoms with Crippen molar-refractivity contribution in [2.24, 2.45) is 5.73 Å². The van der Waals surface area contributed by atoms with Crippen molar-refractivity contribution in [2.75, 3.05) is 17.2 Å². The van der Waals surface area contributed by atoms with Crippen LogP contribution in [0.5, 0.6) is 0 Å². The average Bonchev–Trinajstić information content (AvgIpc) is 2.57. The van der Waals surface area contributed by atoms with Crippen molar-refractivity contribution >= 4 is 44.5 Å². The number of primary amides is 1. The molecule has 1 aromatic heterocycles. The van der Waals surface area contributed by atoms with Crippen LogP contribution in [0.15, 0.2) is 9.10 Å². The quantitative estimate of drug-likeness (QED) is 0.797. The summed E-state index contributed by atoms with van der Waals surface area (Å²) in [5, 5.41) is 0. The van der Waals surface area contributed by atoms with E-state index in [2.05, 4.69) is 0 Å². The van der Waals surface area contributed by atoms with Gasteiger partial charge in [0.2, 0.25) is 0 Å². The highest BCUT2D eigenvalue weighted by Gasteiger charge is 2.27. The summed E-state index contributed by atoms with van der Waals surface area (Å²) in [6.45, 7) is 3.43. The van der Waals surface area contributed by atoms with Gasteiger partial charge in [-0.3, -0.25) is 4.79 Å². The maximum absolute atomic E-state index is 11.9. The van der Waals surface area contributed by atoms with Gasteiger partial charge < -0.3 is 11.5 Å². The van der Waals surface area contributed by atoms with Crippen molar-refractivity contribution in [1.29, 1.82) is 0 Å². The molecule has 8 heteroatoms. The molecule has 0 aliphatic heterocycles. The van der Waals surface area contributed by atoms with E-state index in [1.165, 1.54) is 18.7 Å². The number of thioether (sulfide) groups is 1. The summed E-state index contributed by atoms with van der Waals surface area (Å²) in [6.07, 6.45) is 0. The van der Waals surface area contributed by atoms with E-state index in [0.29, 0.717) is 9.96 Å². The van der Waals surface area contributed by atoms with E-state index in [4.69, 9.17) is 11.5 Å². The molecule has 0 aromatic carbocycles. The monoisotopic (exact) mass is 294 g/mol. The Balaban J connectivity index is 3.51. The van der Waals surface area contributed by atoms with Crippen LogP contribution >= 0.6 is 23.1 Å².